The van der Waals surface area contributed by atoms with Gasteiger partial charge < -0.3 is 9.47 Å². The number of hydrogen-bond acceptors (Lipinski definition) is 4. The first-order valence-corrected chi connectivity index (χ1v) is 9.75. The number of benzene rings is 1. The molecule has 0 N–H and O–H groups in total. The van der Waals surface area contributed by atoms with Crippen LogP contribution in [0.15, 0.2) is 18.2 Å². The van der Waals surface area contributed by atoms with Crippen molar-refractivity contribution in [3.8, 4) is 0 Å². The summed E-state index contributed by atoms with van der Waals surface area (Å²) >= 11 is 0. The SMILES string of the molecule is Cc1nc2cc(CC(=O)N3CCN(S(C)(=O)=O)CC3)ccc2n1C. The Bertz CT molecular complexity index is 880. The minimum Gasteiger partial charge on any atom is -0.340 e. The maximum Gasteiger partial charge on any atom is 0.227 e. The van der Waals surface area contributed by atoms with Gasteiger partial charge in [-0.3, -0.25) is 4.79 Å². The maximum atomic E-state index is 12.5. The lowest BCUT2D eigenvalue weighted by Gasteiger charge is -2.33. The molecule has 3 rings (SSSR count). The van der Waals surface area contributed by atoms with E-state index in [0.29, 0.717) is 32.6 Å². The van der Waals surface area contributed by atoms with Gasteiger partial charge in [-0.25, -0.2) is 13.4 Å². The predicted octanol–water partition coefficient (Wildman–Crippen LogP) is 0.528. The number of imidazole rings is 1. The molecule has 0 saturated carbocycles. The summed E-state index contributed by atoms with van der Waals surface area (Å²) in [6.45, 7) is 3.56. The number of fused-ring (bicyclic) bond motifs is 1. The molecule has 2 aromatic rings. The third-order valence-corrected chi connectivity index (χ3v) is 5.89. The molecule has 130 valence electrons. The molecule has 1 aliphatic rings. The topological polar surface area (TPSA) is 75.5 Å². The van der Waals surface area contributed by atoms with Crippen LogP contribution in [0.1, 0.15) is 11.4 Å². The predicted molar refractivity (Wildman–Crippen MR) is 92.2 cm³/mol. The molecule has 0 aliphatic carbocycles. The fourth-order valence-electron chi connectivity index (χ4n) is 3.03. The van der Waals surface area contributed by atoms with Gasteiger partial charge in [0.1, 0.15) is 5.82 Å². The Morgan fingerprint density at radius 1 is 1.21 bits per heavy atom. The zero-order valence-electron chi connectivity index (χ0n) is 14.2. The second kappa shape index (κ2) is 6.18. The molecule has 0 bridgehead atoms. The highest BCUT2D eigenvalue weighted by Crippen LogP contribution is 2.17. The van der Waals surface area contributed by atoms with Crippen molar-refractivity contribution in [2.24, 2.45) is 7.05 Å². The fraction of sp³-hybridized carbons (Fsp3) is 0.500. The minimum atomic E-state index is -3.18. The average Bonchev–Trinajstić information content (AvgIpc) is 2.81. The van der Waals surface area contributed by atoms with Crippen LogP contribution in [0.3, 0.4) is 0 Å². The molecule has 0 spiro atoms. The van der Waals surface area contributed by atoms with Gasteiger partial charge in [0.2, 0.25) is 15.9 Å². The van der Waals surface area contributed by atoms with Crippen molar-refractivity contribution < 1.29 is 13.2 Å². The Hall–Kier alpha value is -1.93. The Labute approximate surface area is 141 Å². The highest BCUT2D eigenvalue weighted by molar-refractivity contribution is 7.88. The quantitative estimate of drug-likeness (QED) is 0.809. The van der Waals surface area contributed by atoms with E-state index >= 15 is 0 Å². The summed E-state index contributed by atoms with van der Waals surface area (Å²) in [7, 11) is -1.21. The van der Waals surface area contributed by atoms with Gasteiger partial charge in [-0.2, -0.15) is 4.31 Å². The van der Waals surface area contributed by atoms with Crippen LogP contribution in [0.25, 0.3) is 11.0 Å². The molecule has 24 heavy (non-hydrogen) atoms. The van der Waals surface area contributed by atoms with Gasteiger partial charge in [0.25, 0.3) is 0 Å². The van der Waals surface area contributed by atoms with E-state index in [0.717, 1.165) is 22.4 Å². The minimum absolute atomic E-state index is 0.0233. The number of carbonyl (C=O) groups excluding carboxylic acids is 1. The maximum absolute atomic E-state index is 12.5. The van der Waals surface area contributed by atoms with Crippen molar-refractivity contribution in [2.75, 3.05) is 32.4 Å². The van der Waals surface area contributed by atoms with Crippen molar-refractivity contribution in [3.63, 3.8) is 0 Å². The first kappa shape index (κ1) is 16.9. The van der Waals surface area contributed by atoms with Crippen LogP contribution in [-0.2, 0) is 28.3 Å². The molecule has 1 aliphatic heterocycles. The van der Waals surface area contributed by atoms with E-state index in [1.54, 1.807) is 4.90 Å². The Morgan fingerprint density at radius 2 is 1.88 bits per heavy atom. The van der Waals surface area contributed by atoms with Gasteiger partial charge in [-0.1, -0.05) is 6.07 Å². The lowest BCUT2D eigenvalue weighted by atomic mass is 10.1. The first-order chi connectivity index (χ1) is 11.3. The third kappa shape index (κ3) is 3.29. The number of carbonyl (C=O) groups is 1. The van der Waals surface area contributed by atoms with Crippen molar-refractivity contribution in [2.45, 2.75) is 13.3 Å². The normalized spacial score (nSPS) is 16.7. The van der Waals surface area contributed by atoms with Gasteiger partial charge in [0.15, 0.2) is 0 Å². The number of aryl methyl sites for hydroxylation is 2. The number of piperazine rings is 1. The standard InChI is InChI=1S/C16H22N4O3S/c1-12-17-14-10-13(4-5-15(14)18(12)2)11-16(21)19-6-8-20(9-7-19)24(3,22)23/h4-5,10H,6-9,11H2,1-3H3. The van der Waals surface area contributed by atoms with Crippen molar-refractivity contribution in [3.05, 3.63) is 29.6 Å². The van der Waals surface area contributed by atoms with E-state index in [1.165, 1.54) is 10.6 Å². The lowest BCUT2D eigenvalue weighted by Crippen LogP contribution is -2.50. The van der Waals surface area contributed by atoms with Crippen molar-refractivity contribution >= 4 is 27.0 Å². The average molecular weight is 350 g/mol. The molecule has 8 heteroatoms. The zero-order chi connectivity index (χ0) is 17.5. The van der Waals surface area contributed by atoms with E-state index in [4.69, 9.17) is 0 Å². The second-order valence-electron chi connectivity index (χ2n) is 6.26. The Kier molecular flexibility index (Phi) is 4.35. The summed E-state index contributed by atoms with van der Waals surface area (Å²) < 4.78 is 26.5. The monoisotopic (exact) mass is 350 g/mol. The molecule has 1 amide bonds. The molecule has 7 nitrogen and oxygen atoms in total. The number of rotatable bonds is 3. The molecule has 0 atom stereocenters. The van der Waals surface area contributed by atoms with E-state index < -0.39 is 10.0 Å². The molecular weight excluding hydrogens is 328 g/mol. The number of aromatic nitrogens is 2. The Balaban J connectivity index is 1.67. The second-order valence-corrected chi connectivity index (χ2v) is 8.24. The molecule has 1 fully saturated rings. The summed E-state index contributed by atoms with van der Waals surface area (Å²) in [5, 5.41) is 0. The summed E-state index contributed by atoms with van der Waals surface area (Å²) in [5.41, 5.74) is 2.86. The smallest absolute Gasteiger partial charge is 0.227 e. The van der Waals surface area contributed by atoms with Crippen molar-refractivity contribution in [1.29, 1.82) is 0 Å². The van der Waals surface area contributed by atoms with Crippen LogP contribution >= 0.6 is 0 Å². The summed E-state index contributed by atoms with van der Waals surface area (Å²) in [4.78, 5) is 18.7. The first-order valence-electron chi connectivity index (χ1n) is 7.90. The number of nitrogens with zero attached hydrogens (tertiary/aromatic N) is 4. The Morgan fingerprint density at radius 3 is 2.50 bits per heavy atom. The largest absolute Gasteiger partial charge is 0.340 e. The highest BCUT2D eigenvalue weighted by Gasteiger charge is 2.26. The van der Waals surface area contributed by atoms with Crippen molar-refractivity contribution in [1.82, 2.24) is 18.8 Å². The number of sulfonamides is 1. The molecular formula is C16H22N4O3S. The van der Waals surface area contributed by atoms with E-state index in [9.17, 15) is 13.2 Å². The van der Waals surface area contributed by atoms with Crippen LogP contribution < -0.4 is 0 Å². The van der Waals surface area contributed by atoms with Gasteiger partial charge in [0, 0.05) is 33.2 Å². The van der Waals surface area contributed by atoms with Crippen LogP contribution in [0.4, 0.5) is 0 Å². The number of amides is 1. The van der Waals surface area contributed by atoms with Gasteiger partial charge in [-0.05, 0) is 24.6 Å². The molecule has 1 aromatic carbocycles. The number of hydrogen-bond donors (Lipinski definition) is 0. The van der Waals surface area contributed by atoms with Gasteiger partial charge >= 0.3 is 0 Å². The fourth-order valence-corrected chi connectivity index (χ4v) is 3.86. The lowest BCUT2D eigenvalue weighted by molar-refractivity contribution is -0.131. The molecule has 0 radical (unpaired) electrons. The summed E-state index contributed by atoms with van der Waals surface area (Å²) in [5.74, 6) is 0.959. The van der Waals surface area contributed by atoms with Gasteiger partial charge in [-0.15, -0.1) is 0 Å². The van der Waals surface area contributed by atoms with Crippen LogP contribution in [0.5, 0.6) is 0 Å². The van der Waals surface area contributed by atoms with E-state index in [2.05, 4.69) is 4.98 Å². The van der Waals surface area contributed by atoms with Crippen LogP contribution in [-0.4, -0.2) is 65.5 Å². The van der Waals surface area contributed by atoms with Crippen LogP contribution in [0.2, 0.25) is 0 Å². The third-order valence-electron chi connectivity index (χ3n) is 4.58. The molecule has 0 unspecified atom stereocenters. The summed E-state index contributed by atoms with van der Waals surface area (Å²) in [6, 6.07) is 5.89. The highest BCUT2D eigenvalue weighted by atomic mass is 32.2. The van der Waals surface area contributed by atoms with E-state index in [1.807, 2.05) is 36.7 Å². The molecule has 2 heterocycles. The van der Waals surface area contributed by atoms with E-state index in [-0.39, 0.29) is 5.91 Å². The molecule has 1 saturated heterocycles. The van der Waals surface area contributed by atoms with Gasteiger partial charge in [0.05, 0.1) is 23.7 Å². The zero-order valence-corrected chi connectivity index (χ0v) is 15.0. The summed E-state index contributed by atoms with van der Waals surface area (Å²) in [6.07, 6.45) is 1.51. The van der Waals surface area contributed by atoms with Crippen LogP contribution in [0, 0.1) is 6.92 Å². The molecule has 1 aromatic heterocycles.